The molecule has 0 aliphatic carbocycles. The molecule has 0 aromatic carbocycles. The van der Waals surface area contributed by atoms with Crippen molar-refractivity contribution in [3.05, 3.63) is 35.4 Å². The van der Waals surface area contributed by atoms with Crippen molar-refractivity contribution in [1.29, 1.82) is 0 Å². The quantitative estimate of drug-likeness (QED) is 0.375. The molecule has 0 aliphatic heterocycles. The van der Waals surface area contributed by atoms with Crippen LogP contribution in [0.15, 0.2) is 22.5 Å². The maximum atomic E-state index is 11.4. The van der Waals surface area contributed by atoms with Gasteiger partial charge in [0.2, 0.25) is 0 Å². The van der Waals surface area contributed by atoms with Crippen LogP contribution in [0, 0.1) is 0 Å². The summed E-state index contributed by atoms with van der Waals surface area (Å²) in [5.41, 5.74) is 3.18. The number of nitrogens with one attached hydrogen (secondary N) is 1. The van der Waals surface area contributed by atoms with Gasteiger partial charge in [-0.2, -0.15) is 4.37 Å². The Morgan fingerprint density at radius 1 is 1.47 bits per heavy atom. The first-order valence-electron chi connectivity index (χ1n) is 5.65. The minimum Gasteiger partial charge on any atom is -0.289 e. The highest BCUT2D eigenvalue weighted by atomic mass is 32.2. The Morgan fingerprint density at radius 3 is 3.00 bits per heavy atom. The minimum atomic E-state index is -0.393. The topological polar surface area (TPSA) is 93.8 Å². The van der Waals surface area contributed by atoms with Gasteiger partial charge in [0.25, 0.3) is 5.91 Å². The number of carbonyl (C=O) groups is 1. The zero-order valence-corrected chi connectivity index (χ0v) is 11.9. The molecule has 0 saturated heterocycles. The largest absolute Gasteiger partial charge is 0.289 e. The molecular weight excluding hydrogens is 282 g/mol. The van der Waals surface area contributed by atoms with Gasteiger partial charge in [-0.05, 0) is 23.7 Å². The zero-order chi connectivity index (χ0) is 13.7. The smallest absolute Gasteiger partial charge is 0.283 e. The van der Waals surface area contributed by atoms with E-state index in [9.17, 15) is 4.79 Å². The molecule has 0 spiro atoms. The molecule has 2 aromatic heterocycles. The van der Waals surface area contributed by atoms with Gasteiger partial charge in [-0.3, -0.25) is 10.2 Å². The lowest BCUT2D eigenvalue weighted by molar-refractivity contribution is 0.0948. The second-order valence-corrected chi connectivity index (χ2v) is 5.58. The fourth-order valence-corrected chi connectivity index (χ4v) is 2.94. The van der Waals surface area contributed by atoms with E-state index in [1.54, 1.807) is 23.9 Å². The fraction of sp³-hybridized carbons (Fsp3) is 0.273. The summed E-state index contributed by atoms with van der Waals surface area (Å²) in [6.07, 6.45) is 0.835. The molecule has 0 saturated carbocycles. The third kappa shape index (κ3) is 3.72. The Hall–Kier alpha value is -1.51. The number of aryl methyl sites for hydroxylation is 1. The monoisotopic (exact) mass is 295 g/mol. The number of carbonyl (C=O) groups excluding carboxylic acids is 1. The van der Waals surface area contributed by atoms with Crippen LogP contribution in [0.25, 0.3) is 0 Å². The van der Waals surface area contributed by atoms with Crippen molar-refractivity contribution in [3.8, 4) is 0 Å². The maximum absolute atomic E-state index is 11.4. The molecule has 0 bridgehead atoms. The molecule has 0 fully saturated rings. The van der Waals surface area contributed by atoms with Crippen LogP contribution in [0.4, 0.5) is 0 Å². The van der Waals surface area contributed by atoms with Crippen LogP contribution in [0.1, 0.15) is 28.9 Å². The Labute approximate surface area is 119 Å². The third-order valence-electron chi connectivity index (χ3n) is 2.28. The van der Waals surface area contributed by atoms with Crippen LogP contribution >= 0.6 is 23.3 Å². The number of aromatic nitrogens is 3. The van der Waals surface area contributed by atoms with E-state index in [1.807, 2.05) is 13.0 Å². The van der Waals surface area contributed by atoms with Crippen LogP contribution in [0.2, 0.25) is 0 Å². The highest BCUT2D eigenvalue weighted by Crippen LogP contribution is 2.23. The van der Waals surface area contributed by atoms with Crippen molar-refractivity contribution in [2.45, 2.75) is 23.4 Å². The number of amides is 1. The van der Waals surface area contributed by atoms with Crippen LogP contribution in [0.3, 0.4) is 0 Å². The first-order valence-corrected chi connectivity index (χ1v) is 7.41. The number of hydrogen-bond donors (Lipinski definition) is 2. The summed E-state index contributed by atoms with van der Waals surface area (Å²) in [5, 5.41) is 0. The molecule has 2 rings (SSSR count). The summed E-state index contributed by atoms with van der Waals surface area (Å²) in [6.45, 7) is 2.02. The molecule has 0 aliphatic rings. The molecule has 1 amide bonds. The zero-order valence-electron chi connectivity index (χ0n) is 10.3. The second-order valence-electron chi connectivity index (χ2n) is 3.61. The van der Waals surface area contributed by atoms with Crippen molar-refractivity contribution in [1.82, 2.24) is 19.8 Å². The van der Waals surface area contributed by atoms with Crippen LogP contribution in [-0.2, 0) is 12.2 Å². The number of nitrogens with two attached hydrogens (primary N) is 1. The summed E-state index contributed by atoms with van der Waals surface area (Å²) < 4.78 is 5.12. The molecule has 3 N–H and O–H groups in total. The van der Waals surface area contributed by atoms with Gasteiger partial charge in [-0.1, -0.05) is 24.8 Å². The fourth-order valence-electron chi connectivity index (χ4n) is 1.34. The summed E-state index contributed by atoms with van der Waals surface area (Å²) in [4.78, 5) is 19.9. The first-order chi connectivity index (χ1) is 9.22. The minimum absolute atomic E-state index is 0.312. The van der Waals surface area contributed by atoms with Crippen molar-refractivity contribution in [2.24, 2.45) is 5.84 Å². The van der Waals surface area contributed by atoms with Gasteiger partial charge < -0.3 is 0 Å². The Morgan fingerprint density at radius 2 is 2.32 bits per heavy atom. The summed E-state index contributed by atoms with van der Waals surface area (Å²) in [6, 6.07) is 5.27. The number of pyridine rings is 1. The molecule has 0 atom stereocenters. The van der Waals surface area contributed by atoms with E-state index in [-0.39, 0.29) is 0 Å². The van der Waals surface area contributed by atoms with Crippen molar-refractivity contribution in [3.63, 3.8) is 0 Å². The molecule has 2 heterocycles. The average molecular weight is 295 g/mol. The number of thioether (sulfide) groups is 1. The summed E-state index contributed by atoms with van der Waals surface area (Å²) in [5.74, 6) is 6.18. The molecule has 2 aromatic rings. The number of nitrogen functional groups attached to an aromatic ring is 1. The standard InChI is InChI=1S/C11H13N5OS2/c1-2-9-14-11(19-16-9)18-6-7-4-3-5-8(13-7)10(17)15-12/h3-5H,2,6,12H2,1H3,(H,15,17). The number of hydrogen-bond acceptors (Lipinski definition) is 7. The van der Waals surface area contributed by atoms with Gasteiger partial charge in [-0.15, -0.1) is 0 Å². The predicted molar refractivity (Wildman–Crippen MR) is 74.7 cm³/mol. The molecule has 19 heavy (non-hydrogen) atoms. The summed E-state index contributed by atoms with van der Waals surface area (Å²) >= 11 is 2.94. The third-order valence-corrected chi connectivity index (χ3v) is 4.18. The average Bonchev–Trinajstić information content (AvgIpc) is 2.92. The van der Waals surface area contributed by atoms with E-state index in [1.165, 1.54) is 11.5 Å². The lowest BCUT2D eigenvalue weighted by atomic mass is 10.3. The number of nitrogens with zero attached hydrogens (tertiary/aromatic N) is 3. The van der Waals surface area contributed by atoms with Gasteiger partial charge in [0, 0.05) is 12.2 Å². The normalized spacial score (nSPS) is 10.4. The first kappa shape index (κ1) is 13.9. The summed E-state index contributed by atoms with van der Waals surface area (Å²) in [7, 11) is 0. The van der Waals surface area contributed by atoms with Crippen LogP contribution < -0.4 is 11.3 Å². The van der Waals surface area contributed by atoms with Crippen LogP contribution in [0.5, 0.6) is 0 Å². The Balaban J connectivity index is 2.01. The number of rotatable bonds is 5. The molecule has 100 valence electrons. The van der Waals surface area contributed by atoms with Gasteiger partial charge in [0.15, 0.2) is 4.34 Å². The highest BCUT2D eigenvalue weighted by Gasteiger charge is 2.08. The highest BCUT2D eigenvalue weighted by molar-refractivity contribution is 8.00. The van der Waals surface area contributed by atoms with Gasteiger partial charge in [0.05, 0.1) is 5.69 Å². The SMILES string of the molecule is CCc1nsc(SCc2cccc(C(=O)NN)n2)n1. The molecule has 6 nitrogen and oxygen atoms in total. The van der Waals surface area contributed by atoms with Crippen LogP contribution in [-0.4, -0.2) is 20.2 Å². The van der Waals surface area contributed by atoms with Crippen molar-refractivity contribution < 1.29 is 4.79 Å². The van der Waals surface area contributed by atoms with Gasteiger partial charge in [-0.25, -0.2) is 15.8 Å². The molecule has 0 radical (unpaired) electrons. The number of hydrazine groups is 1. The van der Waals surface area contributed by atoms with E-state index in [0.29, 0.717) is 11.4 Å². The molecule has 8 heteroatoms. The van der Waals surface area contributed by atoms with E-state index < -0.39 is 5.91 Å². The van der Waals surface area contributed by atoms with Crippen molar-refractivity contribution in [2.75, 3.05) is 0 Å². The van der Waals surface area contributed by atoms with E-state index in [2.05, 4.69) is 19.8 Å². The van der Waals surface area contributed by atoms with E-state index in [0.717, 1.165) is 22.3 Å². The van der Waals surface area contributed by atoms with Crippen molar-refractivity contribution >= 4 is 29.2 Å². The lowest BCUT2D eigenvalue weighted by Gasteiger charge is -2.02. The van der Waals surface area contributed by atoms with E-state index in [4.69, 9.17) is 5.84 Å². The Kier molecular flexibility index (Phi) is 4.83. The molecular formula is C11H13N5OS2. The predicted octanol–water partition coefficient (Wildman–Crippen LogP) is 1.39. The van der Waals surface area contributed by atoms with Gasteiger partial charge >= 0.3 is 0 Å². The second kappa shape index (κ2) is 6.60. The van der Waals surface area contributed by atoms with E-state index >= 15 is 0 Å². The lowest BCUT2D eigenvalue weighted by Crippen LogP contribution is -2.30. The Bertz CT molecular complexity index is 572. The molecule has 0 unspecified atom stereocenters. The maximum Gasteiger partial charge on any atom is 0.283 e. The van der Waals surface area contributed by atoms with Gasteiger partial charge in [0.1, 0.15) is 11.5 Å².